The smallest absolute Gasteiger partial charge is 0.331 e. The molecule has 4 aliphatic heterocycles. The minimum atomic E-state index is -1.11. The lowest BCUT2D eigenvalue weighted by Crippen LogP contribution is -2.54. The molecular formula is C68H82Cl2N12O12. The van der Waals surface area contributed by atoms with Crippen LogP contribution in [-0.4, -0.2) is 159 Å². The first-order valence-electron chi connectivity index (χ1n) is 31.6. The van der Waals surface area contributed by atoms with Gasteiger partial charge in [-0.1, -0.05) is 47.5 Å². The molecule has 10 N–H and O–H groups in total. The molecule has 6 aliphatic rings. The van der Waals surface area contributed by atoms with Crippen molar-refractivity contribution in [2.45, 2.75) is 102 Å². The number of anilines is 4. The topological polar surface area (TPSA) is 324 Å². The SMILES string of the molecule is COc1ccc(C2=NN(C3CCN(C(=O)[C@H](C)NCC(OC(=O)/C=C/C(=O)OC(CN[C@@H](C)C(=O)N4CCC(N5N=C(c6ccc(OC)c(OC)c6)[C@H]6CC=CC[C@H]6C5=O)CC4)c4cc(N)c(N)c(Cl)c4)c4cc(N)c(N)c(Cl)c4)CC3)C(=O)[C@@H]3CC=CC[C@H]23)cc1OC. The fourth-order valence-electron chi connectivity index (χ4n) is 13.3. The standard InChI is InChI=1S/C68H82Cl2N12O12/c1-37(65(85)79-25-21-43(22-26-79)81-67(87)47-13-9-7-11-45(47)63(77-81)39-15-17-53(89-3)55(33-39)91-5)75-35-57(41-29-49(69)61(73)51(71)31-41)93-59(83)19-20-60(84)94-58(42-30-50(70)62(74)52(72)32-42)36-76-38(2)66(86)80-27-23-44(24-28-80)82-68(88)48-14-10-8-12-46(48)64(78-82)40-16-18-54(90-4)56(34-40)92-6/h7-10,15-20,29-34,37-38,43-48,57-58,75-76H,11-14,21-28,35-36,71-74H2,1-6H3/b20-19+/t37-,38-,45-,46-,47+,48+,57?,58?/m0/s1. The molecule has 500 valence electrons. The summed E-state index contributed by atoms with van der Waals surface area (Å²) in [6.45, 7) is 4.62. The molecule has 2 fully saturated rings. The van der Waals surface area contributed by atoms with E-state index in [0.717, 1.165) is 34.7 Å². The normalized spacial score (nSPS) is 21.3. The number of carbonyl (C=O) groups is 6. The van der Waals surface area contributed by atoms with E-state index in [1.807, 2.05) is 48.6 Å². The number of methoxy groups -OCH3 is 4. The van der Waals surface area contributed by atoms with Gasteiger partial charge in [0, 0.05) is 74.4 Å². The highest BCUT2D eigenvalue weighted by Crippen LogP contribution is 2.42. The molecule has 10 rings (SSSR count). The zero-order valence-corrected chi connectivity index (χ0v) is 55.1. The van der Waals surface area contributed by atoms with Crippen LogP contribution in [0.15, 0.2) is 107 Å². The molecule has 26 heteroatoms. The second-order valence-electron chi connectivity index (χ2n) is 24.4. The molecule has 8 atom stereocenters. The van der Waals surface area contributed by atoms with Gasteiger partial charge in [0.1, 0.15) is 12.2 Å². The van der Waals surface area contributed by atoms with Crippen molar-refractivity contribution in [3.63, 3.8) is 0 Å². The number of amides is 4. The summed E-state index contributed by atoms with van der Waals surface area (Å²) in [7, 11) is 6.31. The summed E-state index contributed by atoms with van der Waals surface area (Å²) in [4.78, 5) is 87.4. The van der Waals surface area contributed by atoms with Crippen molar-refractivity contribution >= 4 is 92.9 Å². The van der Waals surface area contributed by atoms with E-state index in [1.54, 1.807) is 62.1 Å². The van der Waals surface area contributed by atoms with Crippen LogP contribution in [0.4, 0.5) is 22.7 Å². The number of hydrogen-bond donors (Lipinski definition) is 6. The number of rotatable bonds is 22. The van der Waals surface area contributed by atoms with Crippen molar-refractivity contribution in [3.05, 3.63) is 129 Å². The van der Waals surface area contributed by atoms with E-state index in [0.29, 0.717) is 112 Å². The molecule has 0 aromatic heterocycles. The molecule has 0 bridgehead atoms. The van der Waals surface area contributed by atoms with Gasteiger partial charge in [-0.25, -0.2) is 19.6 Å². The number of fused-ring (bicyclic) bond motifs is 2. The number of benzene rings is 4. The number of likely N-dealkylation sites (tertiary alicyclic amines) is 2. The summed E-state index contributed by atoms with van der Waals surface area (Å²) >= 11 is 13.0. The van der Waals surface area contributed by atoms with Gasteiger partial charge >= 0.3 is 11.9 Å². The lowest BCUT2D eigenvalue weighted by Gasteiger charge is -2.43. The largest absolute Gasteiger partial charge is 0.493 e. The summed E-state index contributed by atoms with van der Waals surface area (Å²) in [5.41, 5.74) is 29.1. The Morgan fingerprint density at radius 3 is 1.22 bits per heavy atom. The summed E-state index contributed by atoms with van der Waals surface area (Å²) in [5.74, 6) is -0.886. The maximum atomic E-state index is 14.1. The molecule has 0 spiro atoms. The van der Waals surface area contributed by atoms with Crippen molar-refractivity contribution in [3.8, 4) is 23.0 Å². The molecule has 0 radical (unpaired) electrons. The number of nitrogens with one attached hydrogen (secondary N) is 2. The second kappa shape index (κ2) is 30.1. The number of hydrazone groups is 2. The van der Waals surface area contributed by atoms with Gasteiger partial charge in [0.05, 0.1) is 109 Å². The number of nitrogens with two attached hydrogens (primary N) is 4. The Balaban J connectivity index is 0.756. The van der Waals surface area contributed by atoms with Crippen LogP contribution >= 0.6 is 23.2 Å². The molecule has 4 heterocycles. The van der Waals surface area contributed by atoms with E-state index in [9.17, 15) is 28.8 Å². The van der Waals surface area contributed by atoms with Gasteiger partial charge in [-0.15, -0.1) is 0 Å². The maximum Gasteiger partial charge on any atom is 0.331 e. The highest BCUT2D eigenvalue weighted by atomic mass is 35.5. The third-order valence-electron chi connectivity index (χ3n) is 18.6. The highest BCUT2D eigenvalue weighted by Gasteiger charge is 2.45. The van der Waals surface area contributed by atoms with Gasteiger partial charge in [0.25, 0.3) is 0 Å². The van der Waals surface area contributed by atoms with Crippen molar-refractivity contribution in [2.24, 2.45) is 33.9 Å². The third kappa shape index (κ3) is 14.9. The minimum Gasteiger partial charge on any atom is -0.493 e. The van der Waals surface area contributed by atoms with Crippen molar-refractivity contribution in [1.29, 1.82) is 0 Å². The maximum absolute atomic E-state index is 14.1. The van der Waals surface area contributed by atoms with Crippen LogP contribution in [0, 0.1) is 23.7 Å². The Kier molecular flexibility index (Phi) is 21.8. The number of piperidine rings is 2. The van der Waals surface area contributed by atoms with Gasteiger partial charge < -0.3 is 71.8 Å². The van der Waals surface area contributed by atoms with E-state index in [-0.39, 0.29) is 105 Å². The predicted octanol–water partition coefficient (Wildman–Crippen LogP) is 7.38. The molecule has 0 saturated carbocycles. The average Bonchev–Trinajstić information content (AvgIpc) is 0.778. The van der Waals surface area contributed by atoms with Gasteiger partial charge in [0.15, 0.2) is 23.0 Å². The first-order chi connectivity index (χ1) is 45.2. The number of carbonyl (C=O) groups excluding carboxylic acids is 6. The second-order valence-corrected chi connectivity index (χ2v) is 25.2. The lowest BCUT2D eigenvalue weighted by atomic mass is 9.76. The van der Waals surface area contributed by atoms with Crippen molar-refractivity contribution in [2.75, 3.05) is 90.6 Å². The predicted molar refractivity (Wildman–Crippen MR) is 358 cm³/mol. The fourth-order valence-corrected chi connectivity index (χ4v) is 13.7. The van der Waals surface area contributed by atoms with E-state index in [2.05, 4.69) is 22.8 Å². The Morgan fingerprint density at radius 1 is 0.532 bits per heavy atom. The highest BCUT2D eigenvalue weighted by molar-refractivity contribution is 6.34. The number of esters is 2. The number of nitrogen functional groups attached to an aromatic ring is 4. The zero-order valence-electron chi connectivity index (χ0n) is 53.6. The minimum absolute atomic E-state index is 0.0339. The molecule has 2 unspecified atom stereocenters. The first kappa shape index (κ1) is 68.0. The Bertz CT molecular complexity index is 3410. The molecule has 4 aromatic carbocycles. The Labute approximate surface area is 556 Å². The summed E-state index contributed by atoms with van der Waals surface area (Å²) in [5, 5.41) is 19.9. The van der Waals surface area contributed by atoms with E-state index >= 15 is 0 Å². The van der Waals surface area contributed by atoms with E-state index in [4.69, 9.17) is 84.8 Å². The summed E-state index contributed by atoms with van der Waals surface area (Å²) in [6, 6.07) is 15.3. The van der Waals surface area contributed by atoms with Crippen LogP contribution < -0.4 is 52.5 Å². The number of nitrogens with zero attached hydrogens (tertiary/aromatic N) is 6. The van der Waals surface area contributed by atoms with Crippen molar-refractivity contribution in [1.82, 2.24) is 30.5 Å². The average molecular weight is 1330 g/mol. The van der Waals surface area contributed by atoms with Gasteiger partial charge in [0.2, 0.25) is 23.6 Å². The number of hydrogen-bond acceptors (Lipinski definition) is 20. The number of allylic oxidation sites excluding steroid dienone is 4. The van der Waals surface area contributed by atoms with Crippen LogP contribution in [-0.2, 0) is 38.2 Å². The van der Waals surface area contributed by atoms with Gasteiger partial charge in [-0.2, -0.15) is 10.2 Å². The van der Waals surface area contributed by atoms with Crippen LogP contribution in [0.25, 0.3) is 0 Å². The molecule has 24 nitrogen and oxygen atoms in total. The van der Waals surface area contributed by atoms with Gasteiger partial charge in [-0.05, 0) is 137 Å². The molecule has 4 aromatic rings. The number of halogens is 2. The third-order valence-corrected chi connectivity index (χ3v) is 19.3. The van der Waals surface area contributed by atoms with Gasteiger partial charge in [-0.3, -0.25) is 19.2 Å². The van der Waals surface area contributed by atoms with Crippen LogP contribution in [0.2, 0.25) is 10.0 Å². The number of ether oxygens (including phenoxy) is 6. The van der Waals surface area contributed by atoms with Crippen LogP contribution in [0.5, 0.6) is 23.0 Å². The zero-order chi connectivity index (χ0) is 67.1. The van der Waals surface area contributed by atoms with Crippen LogP contribution in [0.1, 0.15) is 99.7 Å². The molecule has 2 saturated heterocycles. The fraction of sp³-hybridized carbons (Fsp3) is 0.441. The quantitative estimate of drug-likeness (QED) is 0.0193. The lowest BCUT2D eigenvalue weighted by molar-refractivity contribution is -0.146. The first-order valence-corrected chi connectivity index (χ1v) is 32.4. The van der Waals surface area contributed by atoms with E-state index < -0.39 is 36.2 Å². The Hall–Kier alpha value is -8.84. The molecular weight excluding hydrogens is 1250 g/mol. The van der Waals surface area contributed by atoms with E-state index in [1.165, 1.54) is 24.3 Å². The Morgan fingerprint density at radius 2 is 0.883 bits per heavy atom. The summed E-state index contributed by atoms with van der Waals surface area (Å²) < 4.78 is 34.0. The van der Waals surface area contributed by atoms with Crippen LogP contribution in [0.3, 0.4) is 0 Å². The molecule has 4 amide bonds. The summed E-state index contributed by atoms with van der Waals surface area (Å²) in [6.07, 6.45) is 12.4. The molecule has 94 heavy (non-hydrogen) atoms. The van der Waals surface area contributed by atoms with Crippen molar-refractivity contribution < 1.29 is 57.2 Å². The monoisotopic (exact) mass is 1330 g/mol. The molecule has 2 aliphatic carbocycles.